The number of benzene rings is 1. The second kappa shape index (κ2) is 5.05. The minimum absolute atomic E-state index is 0.223. The van der Waals surface area contributed by atoms with Crippen LogP contribution in [0.5, 0.6) is 11.5 Å². The molecule has 1 aliphatic rings. The van der Waals surface area contributed by atoms with Gasteiger partial charge in [0.05, 0.1) is 0 Å². The zero-order chi connectivity index (χ0) is 12.3. The highest BCUT2D eigenvalue weighted by atomic mass is 16.3. The van der Waals surface area contributed by atoms with E-state index in [9.17, 15) is 9.90 Å². The van der Waals surface area contributed by atoms with E-state index in [1.807, 2.05) is 0 Å². The molecule has 0 bridgehead atoms. The predicted octanol–water partition coefficient (Wildman–Crippen LogP) is 0.580. The van der Waals surface area contributed by atoms with E-state index in [1.54, 1.807) is 0 Å². The normalized spacial score (nSPS) is 19.2. The number of carbonyl (C=O) groups is 1. The van der Waals surface area contributed by atoms with Gasteiger partial charge in [0, 0.05) is 18.2 Å². The van der Waals surface area contributed by atoms with Crippen molar-refractivity contribution < 1.29 is 15.0 Å². The van der Waals surface area contributed by atoms with Crippen LogP contribution < -0.4 is 10.6 Å². The van der Waals surface area contributed by atoms with Crippen LogP contribution in [0.2, 0.25) is 0 Å². The van der Waals surface area contributed by atoms with Crippen molar-refractivity contribution in [3.63, 3.8) is 0 Å². The largest absolute Gasteiger partial charge is 0.504 e. The molecule has 1 saturated heterocycles. The van der Waals surface area contributed by atoms with Crippen LogP contribution in [0.15, 0.2) is 18.2 Å². The number of amides is 1. The van der Waals surface area contributed by atoms with Gasteiger partial charge in [0.25, 0.3) is 5.91 Å². The molecule has 5 heteroatoms. The lowest BCUT2D eigenvalue weighted by Gasteiger charge is -2.11. The lowest BCUT2D eigenvalue weighted by molar-refractivity contribution is 0.0950. The molecule has 1 fully saturated rings. The molecule has 0 aliphatic carbocycles. The molecule has 5 nitrogen and oxygen atoms in total. The third kappa shape index (κ3) is 2.88. The van der Waals surface area contributed by atoms with Crippen LogP contribution in [0.1, 0.15) is 23.2 Å². The van der Waals surface area contributed by atoms with Crippen molar-refractivity contribution in [2.75, 3.05) is 13.1 Å². The van der Waals surface area contributed by atoms with Crippen molar-refractivity contribution in [2.24, 2.45) is 0 Å². The van der Waals surface area contributed by atoms with E-state index < -0.39 is 0 Å². The Morgan fingerprint density at radius 2 is 2.24 bits per heavy atom. The number of phenols is 2. The fourth-order valence-electron chi connectivity index (χ4n) is 1.91. The summed E-state index contributed by atoms with van der Waals surface area (Å²) in [5.74, 6) is -0.746. The van der Waals surface area contributed by atoms with Crippen molar-refractivity contribution in [3.8, 4) is 11.5 Å². The van der Waals surface area contributed by atoms with Crippen molar-refractivity contribution in [3.05, 3.63) is 23.8 Å². The maximum atomic E-state index is 11.7. The molecule has 0 spiro atoms. The number of rotatable bonds is 3. The minimum atomic E-state index is -0.281. The highest BCUT2D eigenvalue weighted by Gasteiger charge is 2.15. The molecule has 1 aromatic carbocycles. The molecule has 0 saturated carbocycles. The molecular formula is C12H16N2O3. The lowest BCUT2D eigenvalue weighted by Crippen LogP contribution is -2.37. The smallest absolute Gasteiger partial charge is 0.251 e. The Hall–Kier alpha value is -1.75. The van der Waals surface area contributed by atoms with Gasteiger partial charge in [-0.3, -0.25) is 4.79 Å². The van der Waals surface area contributed by atoms with E-state index in [2.05, 4.69) is 10.6 Å². The fraction of sp³-hybridized carbons (Fsp3) is 0.417. The first kappa shape index (κ1) is 11.7. The van der Waals surface area contributed by atoms with E-state index >= 15 is 0 Å². The molecule has 17 heavy (non-hydrogen) atoms. The summed E-state index contributed by atoms with van der Waals surface area (Å²) in [6, 6.07) is 4.38. The Morgan fingerprint density at radius 1 is 1.41 bits per heavy atom. The number of hydrogen-bond donors (Lipinski definition) is 4. The van der Waals surface area contributed by atoms with Crippen molar-refractivity contribution in [1.29, 1.82) is 0 Å². The third-order valence-electron chi connectivity index (χ3n) is 2.91. The Bertz CT molecular complexity index is 414. The van der Waals surface area contributed by atoms with Crippen molar-refractivity contribution >= 4 is 5.91 Å². The summed E-state index contributed by atoms with van der Waals surface area (Å²) in [6.07, 6.45) is 2.21. The van der Waals surface area contributed by atoms with Gasteiger partial charge in [0.2, 0.25) is 0 Å². The summed E-state index contributed by atoms with van der Waals surface area (Å²) in [7, 11) is 0. The number of phenolic OH excluding ortho intramolecular Hbond substituents is 2. The first-order chi connectivity index (χ1) is 8.16. The van der Waals surface area contributed by atoms with Crippen molar-refractivity contribution in [1.82, 2.24) is 10.6 Å². The number of carbonyl (C=O) groups excluding carboxylic acids is 1. The van der Waals surface area contributed by atoms with Gasteiger partial charge < -0.3 is 20.8 Å². The maximum Gasteiger partial charge on any atom is 0.251 e. The van der Waals surface area contributed by atoms with E-state index in [4.69, 9.17) is 5.11 Å². The summed E-state index contributed by atoms with van der Waals surface area (Å²) in [5.41, 5.74) is 0.346. The van der Waals surface area contributed by atoms with Gasteiger partial charge in [-0.15, -0.1) is 0 Å². The second-order valence-corrected chi connectivity index (χ2v) is 4.21. The van der Waals surface area contributed by atoms with E-state index in [0.717, 1.165) is 19.4 Å². The van der Waals surface area contributed by atoms with Gasteiger partial charge in [0.15, 0.2) is 11.5 Å². The van der Waals surface area contributed by atoms with Gasteiger partial charge in [-0.05, 0) is 37.6 Å². The average Bonchev–Trinajstić information content (AvgIpc) is 2.82. The van der Waals surface area contributed by atoms with E-state index in [1.165, 1.54) is 18.2 Å². The van der Waals surface area contributed by atoms with Crippen LogP contribution in [0.25, 0.3) is 0 Å². The molecule has 1 aliphatic heterocycles. The first-order valence-corrected chi connectivity index (χ1v) is 5.70. The quantitative estimate of drug-likeness (QED) is 0.579. The predicted molar refractivity (Wildman–Crippen MR) is 63.1 cm³/mol. The maximum absolute atomic E-state index is 11.7. The molecule has 1 unspecified atom stereocenters. The Morgan fingerprint density at radius 3 is 2.88 bits per heavy atom. The Kier molecular flexibility index (Phi) is 3.49. The zero-order valence-electron chi connectivity index (χ0n) is 9.44. The van der Waals surface area contributed by atoms with Crippen LogP contribution >= 0.6 is 0 Å². The summed E-state index contributed by atoms with van der Waals surface area (Å²) in [4.78, 5) is 11.7. The zero-order valence-corrected chi connectivity index (χ0v) is 9.44. The van der Waals surface area contributed by atoms with E-state index in [-0.39, 0.29) is 17.4 Å². The molecule has 2 rings (SSSR count). The van der Waals surface area contributed by atoms with Gasteiger partial charge in [0.1, 0.15) is 0 Å². The fourth-order valence-corrected chi connectivity index (χ4v) is 1.91. The molecule has 0 radical (unpaired) electrons. The van der Waals surface area contributed by atoms with Crippen LogP contribution in [-0.2, 0) is 0 Å². The van der Waals surface area contributed by atoms with Crippen LogP contribution in [-0.4, -0.2) is 35.3 Å². The van der Waals surface area contributed by atoms with Crippen molar-refractivity contribution in [2.45, 2.75) is 18.9 Å². The Labute approximate surface area is 99.5 Å². The SMILES string of the molecule is O=C(NCC1CCCN1)c1ccc(O)c(O)c1. The summed E-state index contributed by atoms with van der Waals surface area (Å²) < 4.78 is 0. The second-order valence-electron chi connectivity index (χ2n) is 4.21. The average molecular weight is 236 g/mol. The summed E-state index contributed by atoms with van der Waals surface area (Å²) in [5, 5.41) is 24.5. The number of aromatic hydroxyl groups is 2. The molecule has 92 valence electrons. The minimum Gasteiger partial charge on any atom is -0.504 e. The van der Waals surface area contributed by atoms with Gasteiger partial charge in [-0.1, -0.05) is 0 Å². The van der Waals surface area contributed by atoms with Gasteiger partial charge >= 0.3 is 0 Å². The van der Waals surface area contributed by atoms with Crippen LogP contribution in [0, 0.1) is 0 Å². The highest BCUT2D eigenvalue weighted by Crippen LogP contribution is 2.24. The molecule has 4 N–H and O–H groups in total. The van der Waals surface area contributed by atoms with Crippen LogP contribution in [0.3, 0.4) is 0 Å². The molecule has 1 aromatic rings. The monoisotopic (exact) mass is 236 g/mol. The highest BCUT2D eigenvalue weighted by molar-refractivity contribution is 5.94. The molecule has 1 heterocycles. The van der Waals surface area contributed by atoms with Gasteiger partial charge in [-0.2, -0.15) is 0 Å². The number of nitrogens with one attached hydrogen (secondary N) is 2. The topological polar surface area (TPSA) is 81.6 Å². The molecule has 1 amide bonds. The molecular weight excluding hydrogens is 220 g/mol. The summed E-state index contributed by atoms with van der Waals surface area (Å²) >= 11 is 0. The Balaban J connectivity index is 1.92. The third-order valence-corrected chi connectivity index (χ3v) is 2.91. The van der Waals surface area contributed by atoms with Gasteiger partial charge in [-0.25, -0.2) is 0 Å². The first-order valence-electron chi connectivity index (χ1n) is 5.70. The standard InChI is InChI=1S/C12H16N2O3/c15-10-4-3-8(6-11(10)16)12(17)14-7-9-2-1-5-13-9/h3-4,6,9,13,15-16H,1-2,5,7H2,(H,14,17). The van der Waals surface area contributed by atoms with E-state index in [0.29, 0.717) is 18.2 Å². The number of hydrogen-bond acceptors (Lipinski definition) is 4. The molecule has 1 atom stereocenters. The summed E-state index contributed by atoms with van der Waals surface area (Å²) in [6.45, 7) is 1.58. The molecule has 0 aromatic heterocycles. The van der Waals surface area contributed by atoms with Crippen LogP contribution in [0.4, 0.5) is 0 Å². The lowest BCUT2D eigenvalue weighted by atomic mass is 10.1.